The molecule has 4 rings (SSSR count). The number of carbonyl (C=O) groups excluding carboxylic acids is 1. The number of carbonyl (C=O) groups is 1. The molecule has 1 N–H and O–H groups in total. The first-order valence-corrected chi connectivity index (χ1v) is 9.70. The van der Waals surface area contributed by atoms with Crippen molar-refractivity contribution >= 4 is 17.4 Å². The lowest BCUT2D eigenvalue weighted by Crippen LogP contribution is -2.39. The van der Waals surface area contributed by atoms with Crippen LogP contribution >= 0.6 is 0 Å². The molecule has 1 amide bonds. The van der Waals surface area contributed by atoms with Crippen LogP contribution in [0.4, 0.5) is 11.5 Å². The number of anilines is 2. The van der Waals surface area contributed by atoms with Crippen LogP contribution < -0.4 is 10.2 Å². The van der Waals surface area contributed by atoms with Crippen molar-refractivity contribution in [1.82, 2.24) is 9.88 Å². The highest BCUT2D eigenvalue weighted by Crippen LogP contribution is 2.28. The lowest BCUT2D eigenvalue weighted by atomic mass is 10.1. The van der Waals surface area contributed by atoms with Crippen molar-refractivity contribution in [2.45, 2.75) is 25.3 Å². The van der Waals surface area contributed by atoms with Gasteiger partial charge in [-0.25, -0.2) is 4.98 Å². The van der Waals surface area contributed by atoms with Crippen molar-refractivity contribution in [3.63, 3.8) is 0 Å². The lowest BCUT2D eigenvalue weighted by molar-refractivity contribution is 0.0989. The Kier molecular flexibility index (Phi) is 5.21. The number of fused-ring (bicyclic) bond motifs is 1. The van der Waals surface area contributed by atoms with E-state index in [9.17, 15) is 4.79 Å². The fourth-order valence-corrected chi connectivity index (χ4v) is 3.96. The number of likely N-dealkylation sites (tertiary alicyclic amines) is 1. The predicted molar refractivity (Wildman–Crippen MR) is 109 cm³/mol. The molecule has 1 saturated heterocycles. The van der Waals surface area contributed by atoms with Crippen LogP contribution in [0.1, 0.15) is 28.8 Å². The molecule has 0 bridgehead atoms. The second-order valence-electron chi connectivity index (χ2n) is 7.28. The Labute approximate surface area is 160 Å². The van der Waals surface area contributed by atoms with Gasteiger partial charge in [-0.2, -0.15) is 0 Å². The normalized spacial score (nSPS) is 17.6. The Morgan fingerprint density at radius 2 is 2.00 bits per heavy atom. The van der Waals surface area contributed by atoms with E-state index in [1.807, 2.05) is 41.3 Å². The molecular formula is C22H26N4O. The van der Waals surface area contributed by atoms with Gasteiger partial charge >= 0.3 is 0 Å². The largest absolute Gasteiger partial charge is 0.367 e. The molecule has 0 atom stereocenters. The molecule has 0 radical (unpaired) electrons. The number of pyridine rings is 1. The minimum absolute atomic E-state index is 0.0248. The number of benzene rings is 1. The number of hydrogen-bond acceptors (Lipinski definition) is 4. The first-order chi connectivity index (χ1) is 13.2. The predicted octanol–water partition coefficient (Wildman–Crippen LogP) is 3.35. The number of rotatable bonds is 5. The van der Waals surface area contributed by atoms with Crippen molar-refractivity contribution in [2.75, 3.05) is 36.4 Å². The Balaban J connectivity index is 1.37. The Hall–Kier alpha value is -2.66. The number of para-hydroxylation sites is 1. The second kappa shape index (κ2) is 7.92. The van der Waals surface area contributed by atoms with E-state index < -0.39 is 0 Å². The van der Waals surface area contributed by atoms with Gasteiger partial charge in [-0.15, -0.1) is 6.58 Å². The summed E-state index contributed by atoms with van der Waals surface area (Å²) in [6, 6.07) is 12.4. The van der Waals surface area contributed by atoms with Crippen molar-refractivity contribution in [3.05, 3.63) is 66.4 Å². The maximum absolute atomic E-state index is 12.9. The fraction of sp³-hybridized carbons (Fsp3) is 0.364. The Morgan fingerprint density at radius 1 is 1.19 bits per heavy atom. The third-order valence-corrected chi connectivity index (χ3v) is 5.47. The van der Waals surface area contributed by atoms with Gasteiger partial charge in [-0.05, 0) is 43.0 Å². The molecule has 1 aromatic carbocycles. The van der Waals surface area contributed by atoms with Gasteiger partial charge in [0.05, 0.1) is 5.56 Å². The van der Waals surface area contributed by atoms with E-state index in [0.29, 0.717) is 11.6 Å². The molecule has 0 spiro atoms. The average molecular weight is 362 g/mol. The Bertz CT molecular complexity index is 809. The summed E-state index contributed by atoms with van der Waals surface area (Å²) in [5, 5.41) is 3.51. The summed E-state index contributed by atoms with van der Waals surface area (Å²) in [7, 11) is 0. The highest BCUT2D eigenvalue weighted by Gasteiger charge is 2.25. The number of nitrogens with one attached hydrogen (secondary N) is 1. The Morgan fingerprint density at radius 3 is 2.74 bits per heavy atom. The molecule has 5 nitrogen and oxygen atoms in total. The second-order valence-corrected chi connectivity index (χ2v) is 7.28. The van der Waals surface area contributed by atoms with Crippen LogP contribution in [0.3, 0.4) is 0 Å². The number of aromatic nitrogens is 1. The van der Waals surface area contributed by atoms with Crippen LogP contribution in [0, 0.1) is 0 Å². The van der Waals surface area contributed by atoms with Gasteiger partial charge < -0.3 is 10.2 Å². The van der Waals surface area contributed by atoms with Gasteiger partial charge in [0.15, 0.2) is 0 Å². The quantitative estimate of drug-likeness (QED) is 0.829. The minimum atomic E-state index is 0.0248. The minimum Gasteiger partial charge on any atom is -0.367 e. The van der Waals surface area contributed by atoms with Gasteiger partial charge in [0.2, 0.25) is 0 Å². The van der Waals surface area contributed by atoms with Crippen molar-refractivity contribution in [2.24, 2.45) is 0 Å². The fourth-order valence-electron chi connectivity index (χ4n) is 3.96. The maximum Gasteiger partial charge on any atom is 0.259 e. The molecule has 2 aliphatic rings. The van der Waals surface area contributed by atoms with Crippen LogP contribution in [0.25, 0.3) is 0 Å². The van der Waals surface area contributed by atoms with Crippen LogP contribution in [0.15, 0.2) is 55.3 Å². The number of piperidine rings is 1. The topological polar surface area (TPSA) is 48.5 Å². The standard InChI is InChI=1S/C22H26N4O/c1-2-12-25-13-10-19(11-14-25)24-21-8-7-18(16-23-21)22(27)26-15-9-17-5-3-4-6-20(17)26/h2-8,16,19H,1,9-15H2,(H,23,24). The summed E-state index contributed by atoms with van der Waals surface area (Å²) < 4.78 is 0. The molecule has 2 aliphatic heterocycles. The van der Waals surface area contributed by atoms with Crippen LogP contribution in [0.5, 0.6) is 0 Å². The van der Waals surface area contributed by atoms with Crippen LogP contribution in [-0.2, 0) is 6.42 Å². The van der Waals surface area contributed by atoms with Gasteiger partial charge in [-0.3, -0.25) is 9.69 Å². The molecule has 27 heavy (non-hydrogen) atoms. The number of amides is 1. The highest BCUT2D eigenvalue weighted by molar-refractivity contribution is 6.07. The molecule has 5 heteroatoms. The third kappa shape index (κ3) is 3.88. The van der Waals surface area contributed by atoms with Crippen LogP contribution in [0.2, 0.25) is 0 Å². The van der Waals surface area contributed by atoms with Gasteiger partial charge in [0.1, 0.15) is 5.82 Å². The summed E-state index contributed by atoms with van der Waals surface area (Å²) >= 11 is 0. The summed E-state index contributed by atoms with van der Waals surface area (Å²) in [4.78, 5) is 21.6. The molecule has 0 aliphatic carbocycles. The number of nitrogens with zero attached hydrogens (tertiary/aromatic N) is 3. The third-order valence-electron chi connectivity index (χ3n) is 5.47. The number of hydrogen-bond donors (Lipinski definition) is 1. The molecule has 1 fully saturated rings. The maximum atomic E-state index is 12.9. The van der Waals surface area contributed by atoms with Crippen LogP contribution in [-0.4, -0.2) is 48.0 Å². The van der Waals surface area contributed by atoms with E-state index in [1.165, 1.54) is 5.56 Å². The zero-order chi connectivity index (χ0) is 18.6. The summed E-state index contributed by atoms with van der Waals surface area (Å²) in [5.74, 6) is 0.868. The van der Waals surface area contributed by atoms with E-state index in [-0.39, 0.29) is 5.91 Å². The summed E-state index contributed by atoms with van der Waals surface area (Å²) in [5.41, 5.74) is 2.90. The first-order valence-electron chi connectivity index (χ1n) is 9.70. The first kappa shape index (κ1) is 17.7. The van der Waals surface area contributed by atoms with E-state index in [4.69, 9.17) is 0 Å². The average Bonchev–Trinajstić information content (AvgIpc) is 3.14. The molecule has 2 aromatic rings. The SMILES string of the molecule is C=CCN1CCC(Nc2ccc(C(=O)N3CCc4ccccc43)cn2)CC1. The van der Waals surface area contributed by atoms with E-state index in [0.717, 1.165) is 56.9 Å². The monoisotopic (exact) mass is 362 g/mol. The highest BCUT2D eigenvalue weighted by atomic mass is 16.2. The van der Waals surface area contributed by atoms with Crippen molar-refractivity contribution in [1.29, 1.82) is 0 Å². The van der Waals surface area contributed by atoms with E-state index in [1.54, 1.807) is 6.20 Å². The molecule has 0 saturated carbocycles. The molecule has 140 valence electrons. The van der Waals surface area contributed by atoms with E-state index >= 15 is 0 Å². The summed E-state index contributed by atoms with van der Waals surface area (Å²) in [6.07, 6.45) is 6.77. The zero-order valence-corrected chi connectivity index (χ0v) is 15.6. The summed E-state index contributed by atoms with van der Waals surface area (Å²) in [6.45, 7) is 7.66. The van der Waals surface area contributed by atoms with Gasteiger partial charge in [0.25, 0.3) is 5.91 Å². The smallest absolute Gasteiger partial charge is 0.259 e. The lowest BCUT2D eigenvalue weighted by Gasteiger charge is -2.31. The van der Waals surface area contributed by atoms with Crippen molar-refractivity contribution < 1.29 is 4.79 Å². The zero-order valence-electron chi connectivity index (χ0n) is 15.6. The molecule has 3 heterocycles. The molecule has 1 aromatic heterocycles. The van der Waals surface area contributed by atoms with Gasteiger partial charge in [0, 0.05) is 44.1 Å². The molecule has 0 unspecified atom stereocenters. The van der Waals surface area contributed by atoms with E-state index in [2.05, 4.69) is 27.8 Å². The van der Waals surface area contributed by atoms with Gasteiger partial charge in [-0.1, -0.05) is 24.3 Å². The van der Waals surface area contributed by atoms with Crippen molar-refractivity contribution in [3.8, 4) is 0 Å². The molecular weight excluding hydrogens is 336 g/mol.